The van der Waals surface area contributed by atoms with E-state index in [9.17, 15) is 0 Å². The van der Waals surface area contributed by atoms with Gasteiger partial charge in [-0.05, 0) is 30.8 Å². The van der Waals surface area contributed by atoms with Gasteiger partial charge >= 0.3 is 0 Å². The average molecular weight is 258 g/mol. The number of hydrogen-bond acceptors (Lipinski definition) is 4. The molecule has 1 aromatic heterocycles. The topological polar surface area (TPSA) is 40.7 Å². The van der Waals surface area contributed by atoms with E-state index < -0.39 is 0 Å². The molecule has 2 rings (SSSR count). The van der Waals surface area contributed by atoms with Gasteiger partial charge in [0.05, 0.1) is 10.7 Å². The zero-order valence-corrected chi connectivity index (χ0v) is 10.3. The Balaban J connectivity index is 2.35. The molecule has 0 fully saturated rings. The van der Waals surface area contributed by atoms with Crippen LogP contribution < -0.4 is 5.32 Å². The van der Waals surface area contributed by atoms with E-state index >= 15 is 0 Å². The molecular weight excluding hydrogens is 250 g/mol. The van der Waals surface area contributed by atoms with Crippen molar-refractivity contribution in [1.82, 2.24) is 10.2 Å². The van der Waals surface area contributed by atoms with Crippen molar-refractivity contribution < 1.29 is 0 Å². The molecular formula is C9H8ClN3S2. The van der Waals surface area contributed by atoms with Crippen LogP contribution in [0.1, 0.15) is 5.56 Å². The van der Waals surface area contributed by atoms with Gasteiger partial charge in [0.1, 0.15) is 0 Å². The molecule has 2 aromatic rings. The van der Waals surface area contributed by atoms with E-state index in [1.807, 2.05) is 25.1 Å². The van der Waals surface area contributed by atoms with Crippen molar-refractivity contribution in [3.05, 3.63) is 32.7 Å². The number of benzene rings is 1. The van der Waals surface area contributed by atoms with Gasteiger partial charge in [0, 0.05) is 0 Å². The Bertz CT molecular complexity index is 512. The lowest BCUT2D eigenvalue weighted by molar-refractivity contribution is 1.08. The summed E-state index contributed by atoms with van der Waals surface area (Å²) >= 11 is 12.4. The predicted octanol–water partition coefficient (Wildman–Crippen LogP) is 3.91. The number of H-pyrrole nitrogens is 1. The highest BCUT2D eigenvalue weighted by molar-refractivity contribution is 7.73. The summed E-state index contributed by atoms with van der Waals surface area (Å²) in [4.78, 5) is 0. The molecule has 0 radical (unpaired) electrons. The Kier molecular flexibility index (Phi) is 3.04. The van der Waals surface area contributed by atoms with Crippen LogP contribution in [0.3, 0.4) is 0 Å². The number of aryl methyl sites for hydroxylation is 1. The molecule has 0 aliphatic rings. The molecule has 0 saturated carbocycles. The lowest BCUT2D eigenvalue weighted by Crippen LogP contribution is -1.93. The van der Waals surface area contributed by atoms with E-state index in [0.29, 0.717) is 8.98 Å². The molecule has 0 bridgehead atoms. The quantitative estimate of drug-likeness (QED) is 0.802. The van der Waals surface area contributed by atoms with E-state index in [1.54, 1.807) is 0 Å². The third-order valence-electron chi connectivity index (χ3n) is 1.89. The number of nitrogens with zero attached hydrogens (tertiary/aromatic N) is 1. The van der Waals surface area contributed by atoms with E-state index in [2.05, 4.69) is 15.5 Å². The van der Waals surface area contributed by atoms with Crippen LogP contribution in [-0.4, -0.2) is 10.2 Å². The molecule has 15 heavy (non-hydrogen) atoms. The molecule has 3 nitrogen and oxygen atoms in total. The minimum atomic E-state index is 0.641. The van der Waals surface area contributed by atoms with E-state index in [1.165, 1.54) is 11.3 Å². The molecule has 1 heterocycles. The largest absolute Gasteiger partial charge is 0.329 e. The number of aromatic amines is 1. The summed E-state index contributed by atoms with van der Waals surface area (Å²) in [7, 11) is 0. The molecule has 78 valence electrons. The molecule has 0 saturated heterocycles. The summed E-state index contributed by atoms with van der Waals surface area (Å²) in [5.74, 6) is 0. The fraction of sp³-hybridized carbons (Fsp3) is 0.111. The van der Waals surface area contributed by atoms with Crippen LogP contribution in [0.5, 0.6) is 0 Å². The van der Waals surface area contributed by atoms with Gasteiger partial charge in [0.25, 0.3) is 0 Å². The molecule has 0 aliphatic heterocycles. The zero-order chi connectivity index (χ0) is 10.8. The number of anilines is 2. The van der Waals surface area contributed by atoms with Gasteiger partial charge in [-0.3, -0.25) is 5.10 Å². The average Bonchev–Trinajstić information content (AvgIpc) is 2.58. The van der Waals surface area contributed by atoms with Crippen LogP contribution >= 0.6 is 35.2 Å². The first-order valence-electron chi connectivity index (χ1n) is 4.24. The van der Waals surface area contributed by atoms with Gasteiger partial charge < -0.3 is 5.32 Å². The summed E-state index contributed by atoms with van der Waals surface area (Å²) in [5.41, 5.74) is 1.94. The highest BCUT2D eigenvalue weighted by Gasteiger charge is 2.05. The third-order valence-corrected chi connectivity index (χ3v) is 3.21. The minimum Gasteiger partial charge on any atom is -0.329 e. The Hall–Kier alpha value is -0.910. The third kappa shape index (κ3) is 2.37. The number of halogens is 1. The Labute approximate surface area is 101 Å². The zero-order valence-electron chi connectivity index (χ0n) is 7.87. The number of aromatic nitrogens is 2. The van der Waals surface area contributed by atoms with Crippen molar-refractivity contribution in [3.8, 4) is 0 Å². The standard InChI is InChI=1S/C9H8ClN3S2/c1-5-3-2-4-6(10)7(5)11-8-12-13-9(14)15-8/h2-4H,1H3,(H,11,12)(H,13,14). The maximum absolute atomic E-state index is 6.06. The molecule has 2 N–H and O–H groups in total. The van der Waals surface area contributed by atoms with Crippen LogP contribution in [-0.2, 0) is 0 Å². The maximum atomic E-state index is 6.06. The Morgan fingerprint density at radius 3 is 2.93 bits per heavy atom. The lowest BCUT2D eigenvalue weighted by Gasteiger charge is -2.07. The minimum absolute atomic E-state index is 0.641. The molecule has 0 aliphatic carbocycles. The van der Waals surface area contributed by atoms with Gasteiger partial charge in [-0.25, -0.2) is 0 Å². The fourth-order valence-corrected chi connectivity index (χ4v) is 2.24. The van der Waals surface area contributed by atoms with Crippen molar-refractivity contribution in [3.63, 3.8) is 0 Å². The van der Waals surface area contributed by atoms with Crippen molar-refractivity contribution in [1.29, 1.82) is 0 Å². The number of para-hydroxylation sites is 1. The predicted molar refractivity (Wildman–Crippen MR) is 66.8 cm³/mol. The van der Waals surface area contributed by atoms with Crippen LogP contribution in [0, 0.1) is 10.9 Å². The second-order valence-corrected chi connectivity index (χ2v) is 5.05. The summed E-state index contributed by atoms with van der Waals surface area (Å²) in [6.07, 6.45) is 0. The van der Waals surface area contributed by atoms with Crippen molar-refractivity contribution in [2.24, 2.45) is 0 Å². The van der Waals surface area contributed by atoms with Gasteiger partial charge in [-0.15, -0.1) is 5.10 Å². The van der Waals surface area contributed by atoms with Crippen LogP contribution in [0.25, 0.3) is 0 Å². The first-order chi connectivity index (χ1) is 7.16. The van der Waals surface area contributed by atoms with Crippen LogP contribution in [0.4, 0.5) is 10.8 Å². The maximum Gasteiger partial charge on any atom is 0.208 e. The Morgan fingerprint density at radius 2 is 2.33 bits per heavy atom. The summed E-state index contributed by atoms with van der Waals surface area (Å²) in [5, 5.41) is 11.3. The van der Waals surface area contributed by atoms with E-state index in [0.717, 1.165) is 16.4 Å². The van der Waals surface area contributed by atoms with Gasteiger partial charge in [0.2, 0.25) is 5.13 Å². The molecule has 0 amide bonds. The van der Waals surface area contributed by atoms with Crippen molar-refractivity contribution >= 4 is 46.0 Å². The second-order valence-electron chi connectivity index (χ2n) is 2.98. The summed E-state index contributed by atoms with van der Waals surface area (Å²) in [6.45, 7) is 1.99. The summed E-state index contributed by atoms with van der Waals surface area (Å²) in [6, 6.07) is 5.73. The molecule has 0 spiro atoms. The van der Waals surface area contributed by atoms with Gasteiger partial charge in [-0.2, -0.15) is 0 Å². The first kappa shape index (κ1) is 10.6. The van der Waals surface area contributed by atoms with Crippen LogP contribution in [0.15, 0.2) is 18.2 Å². The lowest BCUT2D eigenvalue weighted by atomic mass is 10.2. The molecule has 0 unspecified atom stereocenters. The highest BCUT2D eigenvalue weighted by Crippen LogP contribution is 2.29. The fourth-order valence-electron chi connectivity index (χ4n) is 1.18. The highest BCUT2D eigenvalue weighted by atomic mass is 35.5. The number of rotatable bonds is 2. The number of hydrogen-bond donors (Lipinski definition) is 2. The van der Waals surface area contributed by atoms with Crippen molar-refractivity contribution in [2.45, 2.75) is 6.92 Å². The molecule has 0 atom stereocenters. The van der Waals surface area contributed by atoms with Crippen LogP contribution in [0.2, 0.25) is 5.02 Å². The SMILES string of the molecule is Cc1cccc(Cl)c1Nc1n[nH]c(=S)s1. The second kappa shape index (κ2) is 4.30. The smallest absolute Gasteiger partial charge is 0.208 e. The first-order valence-corrected chi connectivity index (χ1v) is 5.85. The number of nitrogens with one attached hydrogen (secondary N) is 2. The normalized spacial score (nSPS) is 10.3. The van der Waals surface area contributed by atoms with E-state index in [-0.39, 0.29) is 0 Å². The Morgan fingerprint density at radius 1 is 1.53 bits per heavy atom. The summed E-state index contributed by atoms with van der Waals surface area (Å²) < 4.78 is 0.641. The van der Waals surface area contributed by atoms with Crippen molar-refractivity contribution in [2.75, 3.05) is 5.32 Å². The molecule has 1 aromatic carbocycles. The van der Waals surface area contributed by atoms with E-state index in [4.69, 9.17) is 23.8 Å². The molecule has 6 heteroatoms. The van der Waals surface area contributed by atoms with Gasteiger partial charge in [-0.1, -0.05) is 35.1 Å². The monoisotopic (exact) mass is 257 g/mol. The van der Waals surface area contributed by atoms with Gasteiger partial charge in [0.15, 0.2) is 3.95 Å².